The molecule has 0 spiro atoms. The molecule has 13 heavy (non-hydrogen) atoms. The maximum absolute atomic E-state index is 2.35. The summed E-state index contributed by atoms with van der Waals surface area (Å²) in [5.41, 5.74) is 4.23. The SMILES string of the molecule is CCCC[n+]1ccc(C)c(C)c1C. The highest BCUT2D eigenvalue weighted by atomic mass is 14.9. The Bertz CT molecular complexity index is 289. The Kier molecular flexibility index (Phi) is 3.47. The van der Waals surface area contributed by atoms with E-state index in [1.54, 1.807) is 0 Å². The second-order valence-electron chi connectivity index (χ2n) is 3.76. The lowest BCUT2D eigenvalue weighted by molar-refractivity contribution is -0.703. The zero-order chi connectivity index (χ0) is 9.84. The minimum Gasteiger partial charge on any atom is -0.202 e. The van der Waals surface area contributed by atoms with E-state index in [0.717, 1.165) is 6.54 Å². The van der Waals surface area contributed by atoms with E-state index in [0.29, 0.717) is 0 Å². The van der Waals surface area contributed by atoms with Crippen molar-refractivity contribution in [2.45, 2.75) is 47.1 Å². The van der Waals surface area contributed by atoms with Crippen LogP contribution in [0.25, 0.3) is 0 Å². The van der Waals surface area contributed by atoms with Gasteiger partial charge in [-0.15, -0.1) is 0 Å². The van der Waals surface area contributed by atoms with Crippen molar-refractivity contribution >= 4 is 0 Å². The average molecular weight is 178 g/mol. The number of pyridine rings is 1. The van der Waals surface area contributed by atoms with Crippen LogP contribution in [-0.4, -0.2) is 0 Å². The Balaban J connectivity index is 2.90. The van der Waals surface area contributed by atoms with Crippen molar-refractivity contribution in [1.82, 2.24) is 0 Å². The number of hydrogen-bond acceptors (Lipinski definition) is 0. The first kappa shape index (κ1) is 10.2. The zero-order valence-electron chi connectivity index (χ0n) is 9.22. The Morgan fingerprint density at radius 2 is 1.92 bits per heavy atom. The summed E-state index contributed by atoms with van der Waals surface area (Å²) in [4.78, 5) is 0. The lowest BCUT2D eigenvalue weighted by Crippen LogP contribution is -2.37. The number of rotatable bonds is 3. The van der Waals surface area contributed by atoms with E-state index >= 15 is 0 Å². The fourth-order valence-corrected chi connectivity index (χ4v) is 1.51. The van der Waals surface area contributed by atoms with Gasteiger partial charge in [0.25, 0.3) is 0 Å². The number of aryl methyl sites for hydroxylation is 2. The molecule has 0 N–H and O–H groups in total. The van der Waals surface area contributed by atoms with E-state index in [1.165, 1.54) is 29.7 Å². The summed E-state index contributed by atoms with van der Waals surface area (Å²) in [6.45, 7) is 9.97. The van der Waals surface area contributed by atoms with E-state index in [1.807, 2.05) is 0 Å². The van der Waals surface area contributed by atoms with Crippen LogP contribution in [0.3, 0.4) is 0 Å². The molecule has 0 saturated heterocycles. The third-order valence-electron chi connectivity index (χ3n) is 2.82. The first-order valence-corrected chi connectivity index (χ1v) is 5.13. The second-order valence-corrected chi connectivity index (χ2v) is 3.76. The summed E-state index contributed by atoms with van der Waals surface area (Å²) < 4.78 is 2.35. The summed E-state index contributed by atoms with van der Waals surface area (Å²) >= 11 is 0. The first-order chi connectivity index (χ1) is 6.16. The molecule has 0 bridgehead atoms. The molecule has 0 amide bonds. The van der Waals surface area contributed by atoms with Crippen LogP contribution in [0.5, 0.6) is 0 Å². The third kappa shape index (κ3) is 2.30. The Hall–Kier alpha value is -0.850. The number of unbranched alkanes of at least 4 members (excludes halogenated alkanes) is 1. The molecule has 0 atom stereocenters. The van der Waals surface area contributed by atoms with Crippen molar-refractivity contribution in [2.75, 3.05) is 0 Å². The molecule has 0 saturated carbocycles. The van der Waals surface area contributed by atoms with Crippen molar-refractivity contribution in [1.29, 1.82) is 0 Å². The highest BCUT2D eigenvalue weighted by Gasteiger charge is 2.09. The normalized spacial score (nSPS) is 10.5. The van der Waals surface area contributed by atoms with Crippen LogP contribution in [0.4, 0.5) is 0 Å². The molecular weight excluding hydrogens is 158 g/mol. The maximum Gasteiger partial charge on any atom is 0.181 e. The van der Waals surface area contributed by atoms with Crippen molar-refractivity contribution in [3.63, 3.8) is 0 Å². The van der Waals surface area contributed by atoms with E-state index in [4.69, 9.17) is 0 Å². The van der Waals surface area contributed by atoms with E-state index in [9.17, 15) is 0 Å². The lowest BCUT2D eigenvalue weighted by atomic mass is 10.1. The molecule has 0 aliphatic rings. The molecule has 0 unspecified atom stereocenters. The van der Waals surface area contributed by atoms with Gasteiger partial charge in [0.15, 0.2) is 11.9 Å². The third-order valence-corrected chi connectivity index (χ3v) is 2.82. The highest BCUT2D eigenvalue weighted by molar-refractivity contribution is 5.22. The molecular formula is C12H20N+. The van der Waals surface area contributed by atoms with Gasteiger partial charge in [0.1, 0.15) is 6.54 Å². The summed E-state index contributed by atoms with van der Waals surface area (Å²) in [6.07, 6.45) is 4.74. The van der Waals surface area contributed by atoms with Gasteiger partial charge in [0, 0.05) is 25.0 Å². The van der Waals surface area contributed by atoms with Gasteiger partial charge in [-0.05, 0) is 19.4 Å². The molecule has 72 valence electrons. The van der Waals surface area contributed by atoms with Gasteiger partial charge >= 0.3 is 0 Å². The molecule has 1 heteroatoms. The van der Waals surface area contributed by atoms with Crippen molar-refractivity contribution < 1.29 is 4.57 Å². The van der Waals surface area contributed by atoms with Crippen LogP contribution in [0.2, 0.25) is 0 Å². The summed E-state index contributed by atoms with van der Waals surface area (Å²) in [7, 11) is 0. The smallest absolute Gasteiger partial charge is 0.181 e. The highest BCUT2D eigenvalue weighted by Crippen LogP contribution is 2.07. The zero-order valence-corrected chi connectivity index (χ0v) is 9.22. The van der Waals surface area contributed by atoms with Gasteiger partial charge in [-0.25, -0.2) is 4.57 Å². The van der Waals surface area contributed by atoms with Gasteiger partial charge in [-0.2, -0.15) is 0 Å². The van der Waals surface area contributed by atoms with Crippen LogP contribution < -0.4 is 4.57 Å². The quantitative estimate of drug-likeness (QED) is 0.627. The summed E-state index contributed by atoms with van der Waals surface area (Å²) in [5.74, 6) is 0. The molecule has 1 nitrogen and oxygen atoms in total. The lowest BCUT2D eigenvalue weighted by Gasteiger charge is -2.04. The van der Waals surface area contributed by atoms with Gasteiger partial charge in [0.2, 0.25) is 0 Å². The van der Waals surface area contributed by atoms with Crippen LogP contribution in [0.1, 0.15) is 36.6 Å². The monoisotopic (exact) mass is 178 g/mol. The second kappa shape index (κ2) is 4.40. The molecule has 1 heterocycles. The van der Waals surface area contributed by atoms with Crippen molar-refractivity contribution in [3.05, 3.63) is 29.1 Å². The number of nitrogens with zero attached hydrogens (tertiary/aromatic N) is 1. The van der Waals surface area contributed by atoms with Crippen molar-refractivity contribution in [3.8, 4) is 0 Å². The molecule has 1 aromatic rings. The molecule has 1 aromatic heterocycles. The molecule has 0 aliphatic carbocycles. The van der Waals surface area contributed by atoms with E-state index in [-0.39, 0.29) is 0 Å². The van der Waals surface area contributed by atoms with Gasteiger partial charge in [-0.1, -0.05) is 13.3 Å². The number of hydrogen-bond donors (Lipinski definition) is 0. The molecule has 0 aromatic carbocycles. The Morgan fingerprint density at radius 3 is 2.54 bits per heavy atom. The predicted molar refractivity (Wildman–Crippen MR) is 55.8 cm³/mol. The van der Waals surface area contributed by atoms with Crippen LogP contribution in [0, 0.1) is 20.8 Å². The Morgan fingerprint density at radius 1 is 1.23 bits per heavy atom. The fraction of sp³-hybridized carbons (Fsp3) is 0.583. The fourth-order valence-electron chi connectivity index (χ4n) is 1.51. The first-order valence-electron chi connectivity index (χ1n) is 5.13. The molecule has 0 fully saturated rings. The number of aromatic nitrogens is 1. The standard InChI is InChI=1S/C12H20N/c1-5-6-8-13-9-7-10(2)11(3)12(13)4/h7,9H,5-6,8H2,1-4H3/q+1. The minimum atomic E-state index is 1.16. The van der Waals surface area contributed by atoms with Gasteiger partial charge in [0.05, 0.1) is 0 Å². The van der Waals surface area contributed by atoms with E-state index in [2.05, 4.69) is 44.5 Å². The Labute approximate surface area is 81.4 Å². The summed E-state index contributed by atoms with van der Waals surface area (Å²) in [5, 5.41) is 0. The van der Waals surface area contributed by atoms with E-state index < -0.39 is 0 Å². The topological polar surface area (TPSA) is 3.88 Å². The molecule has 1 rings (SSSR count). The van der Waals surface area contributed by atoms with Crippen LogP contribution in [-0.2, 0) is 6.54 Å². The van der Waals surface area contributed by atoms with Crippen molar-refractivity contribution in [2.24, 2.45) is 0 Å². The maximum atomic E-state index is 2.35. The average Bonchev–Trinajstić information content (AvgIpc) is 2.13. The van der Waals surface area contributed by atoms with Gasteiger partial charge in [-0.3, -0.25) is 0 Å². The van der Waals surface area contributed by atoms with Crippen LogP contribution >= 0.6 is 0 Å². The molecule has 0 aliphatic heterocycles. The van der Waals surface area contributed by atoms with Crippen LogP contribution in [0.15, 0.2) is 12.3 Å². The summed E-state index contributed by atoms with van der Waals surface area (Å²) in [6, 6.07) is 2.21. The molecule has 0 radical (unpaired) electrons. The van der Waals surface area contributed by atoms with Gasteiger partial charge < -0.3 is 0 Å². The minimum absolute atomic E-state index is 1.16. The largest absolute Gasteiger partial charge is 0.202 e. The predicted octanol–water partition coefficient (Wildman–Crippen LogP) is 2.70.